The summed E-state index contributed by atoms with van der Waals surface area (Å²) in [6.07, 6.45) is 4.11. The first kappa shape index (κ1) is 86.9. The Morgan fingerprint density at radius 2 is 0.910 bits per heavy atom. The van der Waals surface area contributed by atoms with E-state index in [1.165, 1.54) is 0 Å². The SMILES string of the molecule is CN[C@@H](C)C(=S)N[C@H]1CCS[C@H]2CC(C)(C)[C@@H](C(=O)N[C@H](COCCCCOC[C@@H](NC(=O)[C@H]3N4C(=O)[C@@H](NC(=S)[C@H](C)NC)CCS[C@H]4CC3(C)C)c3ccccc3)c3ccccc3)N2C1=O.S.S.S.S.S.S.S.S.S.S. The fourth-order valence-corrected chi connectivity index (χ4v) is 13.4. The molecule has 78 heavy (non-hydrogen) atoms. The molecule has 0 spiro atoms. The predicted octanol–water partition coefficient (Wildman–Crippen LogP) is 6.61. The highest BCUT2D eigenvalue weighted by Gasteiger charge is 2.56. The van der Waals surface area contributed by atoms with Gasteiger partial charge in [0.15, 0.2) is 0 Å². The van der Waals surface area contributed by atoms with Crippen molar-refractivity contribution < 1.29 is 28.7 Å². The molecule has 0 bridgehead atoms. The number of thiocarbonyl (C=S) groups is 2. The molecule has 0 unspecified atom stereocenters. The van der Waals surface area contributed by atoms with E-state index >= 15 is 0 Å². The molecule has 6 N–H and O–H groups in total. The van der Waals surface area contributed by atoms with Crippen molar-refractivity contribution in [3.05, 3.63) is 71.8 Å². The first-order valence-corrected chi connectivity index (χ1v) is 27.1. The Balaban J connectivity index is -0.00000178. The van der Waals surface area contributed by atoms with Crippen LogP contribution in [0.25, 0.3) is 0 Å². The fraction of sp³-hybridized carbons (Fsp3) is 0.640. The van der Waals surface area contributed by atoms with Crippen LogP contribution in [-0.2, 0) is 28.7 Å². The van der Waals surface area contributed by atoms with Gasteiger partial charge in [-0.15, -0.1) is 23.5 Å². The summed E-state index contributed by atoms with van der Waals surface area (Å²) in [5.41, 5.74) is 0.932. The number of amides is 4. The van der Waals surface area contributed by atoms with Gasteiger partial charge in [0.2, 0.25) is 23.6 Å². The van der Waals surface area contributed by atoms with Crippen molar-refractivity contribution in [2.24, 2.45) is 10.8 Å². The molecule has 454 valence electrons. The topological polar surface area (TPSA) is 165 Å². The van der Waals surface area contributed by atoms with Crippen molar-refractivity contribution in [1.29, 1.82) is 0 Å². The Morgan fingerprint density at radius 3 is 1.22 bits per heavy atom. The monoisotopic (exact) mass is 1350 g/mol. The second kappa shape index (κ2) is 41.2. The third-order valence-electron chi connectivity index (χ3n) is 13.8. The fourth-order valence-electron chi connectivity index (χ4n) is 9.68. The largest absolute Gasteiger partial charge is 0.379 e. The Bertz CT molecular complexity index is 1940. The number of ether oxygens (including phenoxy) is 2. The van der Waals surface area contributed by atoms with Gasteiger partial charge in [-0.25, -0.2) is 0 Å². The van der Waals surface area contributed by atoms with Gasteiger partial charge in [-0.05, 0) is 99.9 Å². The maximum atomic E-state index is 14.5. The van der Waals surface area contributed by atoms with Crippen molar-refractivity contribution in [3.63, 3.8) is 0 Å². The third kappa shape index (κ3) is 22.9. The van der Waals surface area contributed by atoms with E-state index in [-0.39, 0.29) is 195 Å². The number of fused-ring (bicyclic) bond motifs is 2. The molecular formula is C50H94N8O6S14. The molecule has 0 saturated carbocycles. The highest BCUT2D eigenvalue weighted by molar-refractivity contribution is 8.00. The maximum Gasteiger partial charge on any atom is 0.246 e. The van der Waals surface area contributed by atoms with Crippen LogP contribution in [0.5, 0.6) is 0 Å². The number of carbonyl (C=O) groups is 4. The summed E-state index contributed by atoms with van der Waals surface area (Å²) >= 11 is 14.7. The van der Waals surface area contributed by atoms with E-state index in [0.29, 0.717) is 48.9 Å². The third-order valence-corrected chi connectivity index (χ3v) is 17.3. The van der Waals surface area contributed by atoms with Crippen LogP contribution in [0.1, 0.15) is 103 Å². The van der Waals surface area contributed by atoms with Crippen molar-refractivity contribution >= 4 is 217 Å². The molecule has 4 aliphatic heterocycles. The van der Waals surface area contributed by atoms with E-state index in [0.717, 1.165) is 35.5 Å². The zero-order chi connectivity index (χ0) is 49.2. The van der Waals surface area contributed by atoms with Gasteiger partial charge in [-0.1, -0.05) is 113 Å². The molecule has 28 heteroatoms. The summed E-state index contributed by atoms with van der Waals surface area (Å²) in [6, 6.07) is 16.2. The van der Waals surface area contributed by atoms with Crippen LogP contribution in [0.3, 0.4) is 0 Å². The van der Waals surface area contributed by atoms with Gasteiger partial charge < -0.3 is 51.2 Å². The van der Waals surface area contributed by atoms with Gasteiger partial charge in [0.25, 0.3) is 0 Å². The molecular weight excluding hydrogens is 1260 g/mol. The summed E-state index contributed by atoms with van der Waals surface area (Å²) in [6.45, 7) is 13.6. The summed E-state index contributed by atoms with van der Waals surface area (Å²) in [5.74, 6) is 0.996. The standard InChI is InChI=1S/C50H74N8O6S4.10H2S/c1-31(51-7)45(65)55-35-21-25-67-39-27-49(3,4)41(57(39)47(35)61)43(59)53-37(33-17-11-9-12-18-33)29-63-23-15-16-24-64-30-38(34-19-13-10-14-20-34)54-44(60)42-50(5,6)28-40-58(42)48(62)36(22-26-68-40)56-46(66)32(2)52-8;;;;;;;;;;/h9-14,17-20,31-32,35-42,51-52H,15-16,21-30H2,1-8H3,(H,53,59)(H,54,60)(H,55,65)(H,56,66);10*1H2/t31-,32-,35-,36-,37+,38+,39-,40-,41+,42+;;;;;;;;;;/m0........../s1. The molecule has 4 saturated heterocycles. The Hall–Kier alpha value is 0.140. The van der Waals surface area contributed by atoms with Gasteiger partial charge in [0, 0.05) is 13.2 Å². The van der Waals surface area contributed by atoms with E-state index in [9.17, 15) is 19.2 Å². The molecule has 14 nitrogen and oxygen atoms in total. The van der Waals surface area contributed by atoms with E-state index < -0.39 is 47.1 Å². The number of nitrogens with one attached hydrogen (secondary N) is 6. The van der Waals surface area contributed by atoms with Crippen LogP contribution in [0.15, 0.2) is 60.7 Å². The first-order chi connectivity index (χ1) is 32.5. The lowest BCUT2D eigenvalue weighted by molar-refractivity contribution is -0.142. The van der Waals surface area contributed by atoms with Gasteiger partial charge in [-0.3, -0.25) is 19.2 Å². The Morgan fingerprint density at radius 1 is 0.590 bits per heavy atom. The highest BCUT2D eigenvalue weighted by atomic mass is 32.2. The quantitative estimate of drug-likeness (QED) is 0.0585. The first-order valence-electron chi connectivity index (χ1n) is 24.2. The lowest BCUT2D eigenvalue weighted by Gasteiger charge is -2.35. The average Bonchev–Trinajstić information content (AvgIpc) is 3.64. The summed E-state index contributed by atoms with van der Waals surface area (Å²) in [4.78, 5) is 62.1. The second-order valence-electron chi connectivity index (χ2n) is 19.9. The number of hydrogen-bond acceptors (Lipinski definition) is 12. The predicted molar refractivity (Wildman–Crippen MR) is 385 cm³/mol. The molecule has 4 aliphatic rings. The minimum atomic E-state index is -0.665. The second-order valence-corrected chi connectivity index (χ2v) is 23.3. The number of nitrogens with zero attached hydrogens (tertiary/aromatic N) is 2. The summed E-state index contributed by atoms with van der Waals surface area (Å²) in [5, 5.41) is 19.2. The minimum Gasteiger partial charge on any atom is -0.379 e. The van der Waals surface area contributed by atoms with Gasteiger partial charge in [0.05, 0.1) is 58.1 Å². The lowest BCUT2D eigenvalue weighted by atomic mass is 9.83. The molecule has 4 fully saturated rings. The average molecular weight is 1350 g/mol. The smallest absolute Gasteiger partial charge is 0.246 e. The van der Waals surface area contributed by atoms with Crippen LogP contribution in [-0.4, -0.2) is 142 Å². The lowest BCUT2D eigenvalue weighted by Crippen LogP contribution is -2.58. The molecule has 2 aromatic carbocycles. The molecule has 0 aromatic heterocycles. The Labute approximate surface area is 555 Å². The van der Waals surface area contributed by atoms with E-state index in [2.05, 4.69) is 59.6 Å². The minimum absolute atomic E-state index is 0. The maximum absolute atomic E-state index is 14.5. The molecule has 10 atom stereocenters. The van der Waals surface area contributed by atoms with Crippen LogP contribution >= 0.6 is 183 Å². The van der Waals surface area contributed by atoms with Gasteiger partial charge in [-0.2, -0.15) is 135 Å². The number of rotatable bonds is 21. The molecule has 2 aromatic rings. The number of hydrogen-bond donors (Lipinski definition) is 6. The van der Waals surface area contributed by atoms with Crippen LogP contribution in [0.2, 0.25) is 0 Å². The van der Waals surface area contributed by atoms with Crippen LogP contribution < -0.4 is 31.9 Å². The van der Waals surface area contributed by atoms with E-state index in [1.807, 2.05) is 98.4 Å². The summed E-state index contributed by atoms with van der Waals surface area (Å²) in [7, 11) is 3.67. The van der Waals surface area contributed by atoms with E-state index in [4.69, 9.17) is 33.9 Å². The zero-order valence-corrected chi connectivity index (χ0v) is 59.3. The molecule has 6 rings (SSSR count). The molecule has 4 amide bonds. The van der Waals surface area contributed by atoms with Crippen LogP contribution in [0, 0.1) is 10.8 Å². The molecule has 4 heterocycles. The Kier molecular flexibility index (Phi) is 46.0. The number of benzene rings is 2. The van der Waals surface area contributed by atoms with Gasteiger partial charge in [0.1, 0.15) is 24.2 Å². The van der Waals surface area contributed by atoms with Crippen molar-refractivity contribution in [1.82, 2.24) is 41.7 Å². The van der Waals surface area contributed by atoms with E-state index in [1.54, 1.807) is 23.5 Å². The molecule has 0 aliphatic carbocycles. The van der Waals surface area contributed by atoms with Crippen LogP contribution in [0.4, 0.5) is 0 Å². The summed E-state index contributed by atoms with van der Waals surface area (Å²) < 4.78 is 12.5. The zero-order valence-electron chi connectivity index (χ0n) is 46.0. The number of thioether (sulfide) groups is 2. The van der Waals surface area contributed by atoms with Gasteiger partial charge >= 0.3 is 0 Å². The van der Waals surface area contributed by atoms with Crippen molar-refractivity contribution in [3.8, 4) is 0 Å². The number of unbranched alkanes of at least 4 members (excludes halogenated alkanes) is 1. The van der Waals surface area contributed by atoms with Crippen molar-refractivity contribution in [2.75, 3.05) is 52.0 Å². The normalized spacial score (nSPS) is 22.7. The highest BCUT2D eigenvalue weighted by Crippen LogP contribution is 2.48. The number of carbonyl (C=O) groups excluding carboxylic acids is 4. The van der Waals surface area contributed by atoms with Crippen molar-refractivity contribution in [2.45, 2.75) is 139 Å². The molecule has 0 radical (unpaired) electrons. The number of likely N-dealkylation sites (N-methyl/N-ethyl adjacent to an activating group) is 2.